The van der Waals surface area contributed by atoms with Crippen LogP contribution in [0.1, 0.15) is 17.2 Å². The molecule has 17 heavy (non-hydrogen) atoms. The van der Waals surface area contributed by atoms with Crippen LogP contribution in [-0.4, -0.2) is 9.97 Å². The highest BCUT2D eigenvalue weighted by Gasteiger charge is 2.20. The van der Waals surface area contributed by atoms with E-state index in [1.165, 1.54) is 36.9 Å². The van der Waals surface area contributed by atoms with Crippen LogP contribution in [0, 0.1) is 11.6 Å². The van der Waals surface area contributed by atoms with Gasteiger partial charge in [-0.15, -0.1) is 0 Å². The van der Waals surface area contributed by atoms with Crippen LogP contribution in [0.4, 0.5) is 8.78 Å². The lowest BCUT2D eigenvalue weighted by Crippen LogP contribution is -2.30. The Morgan fingerprint density at radius 2 is 1.71 bits per heavy atom. The van der Waals surface area contributed by atoms with E-state index in [1.807, 2.05) is 0 Å². The van der Waals surface area contributed by atoms with E-state index >= 15 is 0 Å². The number of aromatic nitrogens is 2. The molecule has 1 heterocycles. The van der Waals surface area contributed by atoms with Crippen LogP contribution >= 0.6 is 0 Å². The van der Waals surface area contributed by atoms with Crippen molar-refractivity contribution >= 4 is 0 Å². The minimum atomic E-state index is -0.822. The molecule has 0 aliphatic carbocycles. The summed E-state index contributed by atoms with van der Waals surface area (Å²) in [6, 6.07) is 2.82. The molecule has 0 fully saturated rings. The van der Waals surface area contributed by atoms with Crippen molar-refractivity contribution in [2.24, 2.45) is 5.84 Å². The predicted octanol–water partition coefficient (Wildman–Crippen LogP) is 1.31. The van der Waals surface area contributed by atoms with E-state index in [0.29, 0.717) is 5.56 Å². The molecule has 0 amide bonds. The molecule has 0 radical (unpaired) electrons. The van der Waals surface area contributed by atoms with Gasteiger partial charge in [-0.05, 0) is 12.1 Å². The average molecular weight is 236 g/mol. The Bertz CT molecular complexity index is 484. The summed E-state index contributed by atoms with van der Waals surface area (Å²) in [6.07, 6.45) is 4.22. The van der Waals surface area contributed by atoms with Crippen LogP contribution in [0.15, 0.2) is 36.9 Å². The molecule has 4 nitrogen and oxygen atoms in total. The Hall–Kier alpha value is -1.92. The number of benzene rings is 1. The molecule has 2 aromatic rings. The highest BCUT2D eigenvalue weighted by atomic mass is 19.1. The molecule has 0 bridgehead atoms. The first-order valence-corrected chi connectivity index (χ1v) is 4.89. The first kappa shape index (κ1) is 11.6. The van der Waals surface area contributed by atoms with E-state index in [2.05, 4.69) is 15.4 Å². The predicted molar refractivity (Wildman–Crippen MR) is 57.6 cm³/mol. The summed E-state index contributed by atoms with van der Waals surface area (Å²) in [5.74, 6) is 4.00. The molecule has 0 spiro atoms. The van der Waals surface area contributed by atoms with Gasteiger partial charge in [0.2, 0.25) is 0 Å². The van der Waals surface area contributed by atoms with E-state index in [9.17, 15) is 8.78 Å². The second-order valence-corrected chi connectivity index (χ2v) is 3.41. The molecular formula is C11H10F2N4. The number of hydrazine groups is 1. The summed E-state index contributed by atoms with van der Waals surface area (Å²) in [5.41, 5.74) is 2.69. The third-order valence-corrected chi connectivity index (χ3v) is 2.37. The summed E-state index contributed by atoms with van der Waals surface area (Å²) in [6.45, 7) is 0. The molecule has 6 heteroatoms. The van der Waals surface area contributed by atoms with Gasteiger partial charge in [0.05, 0.1) is 6.04 Å². The lowest BCUT2D eigenvalue weighted by atomic mass is 10.0. The van der Waals surface area contributed by atoms with Crippen LogP contribution in [0.3, 0.4) is 0 Å². The third kappa shape index (κ3) is 2.27. The van der Waals surface area contributed by atoms with Gasteiger partial charge in [-0.3, -0.25) is 5.84 Å². The lowest BCUT2D eigenvalue weighted by Gasteiger charge is -2.17. The van der Waals surface area contributed by atoms with Crippen LogP contribution in [0.25, 0.3) is 0 Å². The van der Waals surface area contributed by atoms with Crippen LogP contribution in [0.5, 0.6) is 0 Å². The highest BCUT2D eigenvalue weighted by molar-refractivity contribution is 5.31. The second-order valence-electron chi connectivity index (χ2n) is 3.41. The highest BCUT2D eigenvalue weighted by Crippen LogP contribution is 2.25. The summed E-state index contributed by atoms with van der Waals surface area (Å²) < 4.78 is 27.2. The molecule has 88 valence electrons. The molecule has 3 N–H and O–H groups in total. The molecule has 1 atom stereocenters. The second kappa shape index (κ2) is 4.94. The monoisotopic (exact) mass is 236 g/mol. The van der Waals surface area contributed by atoms with Gasteiger partial charge in [0, 0.05) is 23.5 Å². The largest absolute Gasteiger partial charge is 0.271 e. The van der Waals surface area contributed by atoms with Crippen molar-refractivity contribution < 1.29 is 8.78 Å². The number of rotatable bonds is 3. The fraction of sp³-hybridized carbons (Fsp3) is 0.0909. The molecule has 1 aromatic carbocycles. The fourth-order valence-electron chi connectivity index (χ4n) is 1.59. The van der Waals surface area contributed by atoms with Crippen molar-refractivity contribution in [2.45, 2.75) is 6.04 Å². The van der Waals surface area contributed by atoms with Crippen molar-refractivity contribution in [3.63, 3.8) is 0 Å². The minimum Gasteiger partial charge on any atom is -0.271 e. The fourth-order valence-corrected chi connectivity index (χ4v) is 1.59. The molecule has 0 saturated heterocycles. The van der Waals surface area contributed by atoms with Crippen LogP contribution in [0.2, 0.25) is 0 Å². The molecule has 2 rings (SSSR count). The van der Waals surface area contributed by atoms with Crippen molar-refractivity contribution in [1.82, 2.24) is 15.4 Å². The molecular weight excluding hydrogens is 226 g/mol. The van der Waals surface area contributed by atoms with E-state index in [0.717, 1.165) is 0 Å². The zero-order valence-electron chi connectivity index (χ0n) is 8.77. The topological polar surface area (TPSA) is 63.8 Å². The maximum absolute atomic E-state index is 13.6. The average Bonchev–Trinajstić information content (AvgIpc) is 2.35. The molecule has 1 unspecified atom stereocenters. The van der Waals surface area contributed by atoms with Crippen LogP contribution in [-0.2, 0) is 0 Å². The van der Waals surface area contributed by atoms with Crippen LogP contribution < -0.4 is 11.3 Å². The molecule has 1 aromatic heterocycles. The zero-order chi connectivity index (χ0) is 12.3. The summed E-state index contributed by atoms with van der Waals surface area (Å²) >= 11 is 0. The Kier molecular flexibility index (Phi) is 3.36. The first-order valence-electron chi connectivity index (χ1n) is 4.89. The molecule has 0 aliphatic rings. The maximum atomic E-state index is 13.6. The molecule has 0 saturated carbocycles. The number of nitrogens with two attached hydrogens (primary N) is 1. The zero-order valence-corrected chi connectivity index (χ0v) is 8.77. The lowest BCUT2D eigenvalue weighted by molar-refractivity contribution is 0.509. The summed E-state index contributed by atoms with van der Waals surface area (Å²) in [7, 11) is 0. The smallest absolute Gasteiger partial charge is 0.131 e. The van der Waals surface area contributed by atoms with Gasteiger partial charge in [-0.25, -0.2) is 24.2 Å². The van der Waals surface area contributed by atoms with Crippen molar-refractivity contribution in [3.05, 3.63) is 59.7 Å². The number of nitrogens with zero attached hydrogens (tertiary/aromatic N) is 2. The van der Waals surface area contributed by atoms with Gasteiger partial charge >= 0.3 is 0 Å². The third-order valence-electron chi connectivity index (χ3n) is 2.37. The van der Waals surface area contributed by atoms with Crippen molar-refractivity contribution in [3.8, 4) is 0 Å². The van der Waals surface area contributed by atoms with Gasteiger partial charge in [0.15, 0.2) is 0 Å². The minimum absolute atomic E-state index is 0.148. The number of hydrogen-bond acceptors (Lipinski definition) is 4. The normalized spacial score (nSPS) is 12.4. The standard InChI is InChI=1S/C11H10F2N4/c12-8-2-1-3-9(13)10(8)11(17-14)7-4-15-6-16-5-7/h1-6,11,17H,14H2. The van der Waals surface area contributed by atoms with E-state index in [1.54, 1.807) is 0 Å². The number of halogens is 2. The van der Waals surface area contributed by atoms with Gasteiger partial charge < -0.3 is 0 Å². The Balaban J connectivity index is 2.50. The van der Waals surface area contributed by atoms with Gasteiger partial charge in [0.1, 0.15) is 18.0 Å². The van der Waals surface area contributed by atoms with E-state index < -0.39 is 17.7 Å². The van der Waals surface area contributed by atoms with E-state index in [4.69, 9.17) is 5.84 Å². The Labute approximate surface area is 96.5 Å². The van der Waals surface area contributed by atoms with Crippen molar-refractivity contribution in [2.75, 3.05) is 0 Å². The SMILES string of the molecule is NNC(c1cncnc1)c1c(F)cccc1F. The van der Waals surface area contributed by atoms with Crippen molar-refractivity contribution in [1.29, 1.82) is 0 Å². The molecule has 0 aliphatic heterocycles. The van der Waals surface area contributed by atoms with Gasteiger partial charge in [-0.2, -0.15) is 0 Å². The summed E-state index contributed by atoms with van der Waals surface area (Å²) in [4.78, 5) is 7.57. The number of hydrogen-bond donors (Lipinski definition) is 2. The van der Waals surface area contributed by atoms with Gasteiger partial charge in [0.25, 0.3) is 0 Å². The maximum Gasteiger partial charge on any atom is 0.131 e. The Morgan fingerprint density at radius 3 is 2.24 bits per heavy atom. The van der Waals surface area contributed by atoms with Gasteiger partial charge in [-0.1, -0.05) is 6.07 Å². The van der Waals surface area contributed by atoms with E-state index in [-0.39, 0.29) is 5.56 Å². The number of nitrogens with one attached hydrogen (secondary N) is 1. The first-order chi connectivity index (χ1) is 8.24. The quantitative estimate of drug-likeness (QED) is 0.623. The Morgan fingerprint density at radius 1 is 1.12 bits per heavy atom. The summed E-state index contributed by atoms with van der Waals surface area (Å²) in [5, 5.41) is 0.